The molecule has 0 N–H and O–H groups in total. The first-order valence-electron chi connectivity index (χ1n) is 11.3. The summed E-state index contributed by atoms with van der Waals surface area (Å²) < 4.78 is 41.9. The highest BCUT2D eigenvalue weighted by Crippen LogP contribution is 2.41. The summed E-state index contributed by atoms with van der Waals surface area (Å²) in [6.07, 6.45) is -4.71. The number of fused-ring (bicyclic) bond motifs is 3. The normalized spacial score (nSPS) is 11.9. The van der Waals surface area contributed by atoms with Crippen molar-refractivity contribution in [3.63, 3.8) is 0 Å². The monoisotopic (exact) mass is 464 g/mol. The molecule has 0 aliphatic rings. The summed E-state index contributed by atoms with van der Waals surface area (Å²) in [7, 11) is 0. The molecule has 6 aromatic carbocycles. The number of hydrogen-bond acceptors (Lipinski definition) is 1. The SMILES string of the molecule is FC(F)(F)Oc1ccc(-c2cccc3c(-c4ccc5ccccc5c4)c4ccccc4cc23)cc1. The second-order valence-electron chi connectivity index (χ2n) is 8.51. The predicted octanol–water partition coefficient (Wildman–Crippen LogP) is 9.38. The van der Waals surface area contributed by atoms with E-state index in [0.717, 1.165) is 43.8 Å². The molecular formula is C31H19F3O. The van der Waals surface area contributed by atoms with Crippen molar-refractivity contribution < 1.29 is 17.9 Å². The molecule has 170 valence electrons. The van der Waals surface area contributed by atoms with E-state index in [1.807, 2.05) is 36.4 Å². The van der Waals surface area contributed by atoms with Gasteiger partial charge in [0.2, 0.25) is 0 Å². The van der Waals surface area contributed by atoms with Crippen LogP contribution in [-0.2, 0) is 0 Å². The van der Waals surface area contributed by atoms with Crippen molar-refractivity contribution in [3.8, 4) is 28.0 Å². The molecule has 0 atom stereocenters. The average Bonchev–Trinajstić information content (AvgIpc) is 2.86. The van der Waals surface area contributed by atoms with E-state index < -0.39 is 6.36 Å². The largest absolute Gasteiger partial charge is 0.573 e. The lowest BCUT2D eigenvalue weighted by Crippen LogP contribution is -2.16. The molecule has 0 aliphatic carbocycles. The van der Waals surface area contributed by atoms with Gasteiger partial charge < -0.3 is 4.74 Å². The highest BCUT2D eigenvalue weighted by molar-refractivity contribution is 6.16. The molecule has 0 saturated heterocycles. The molecule has 0 amide bonds. The molecule has 0 bridgehead atoms. The van der Waals surface area contributed by atoms with Gasteiger partial charge in [0.25, 0.3) is 0 Å². The van der Waals surface area contributed by atoms with Crippen molar-refractivity contribution in [3.05, 3.63) is 115 Å². The topological polar surface area (TPSA) is 9.23 Å². The number of benzene rings is 6. The zero-order valence-electron chi connectivity index (χ0n) is 18.5. The van der Waals surface area contributed by atoms with Crippen molar-refractivity contribution in [2.45, 2.75) is 6.36 Å². The van der Waals surface area contributed by atoms with E-state index in [4.69, 9.17) is 0 Å². The van der Waals surface area contributed by atoms with Crippen LogP contribution in [0.1, 0.15) is 0 Å². The Bertz CT molecular complexity index is 1700. The quantitative estimate of drug-likeness (QED) is 0.237. The summed E-state index contributed by atoms with van der Waals surface area (Å²) in [5.74, 6) is -0.233. The van der Waals surface area contributed by atoms with Crippen LogP contribution in [0.4, 0.5) is 13.2 Å². The van der Waals surface area contributed by atoms with E-state index in [9.17, 15) is 13.2 Å². The van der Waals surface area contributed by atoms with Gasteiger partial charge in [0.15, 0.2) is 0 Å². The summed E-state index contributed by atoms with van der Waals surface area (Å²) >= 11 is 0. The summed E-state index contributed by atoms with van der Waals surface area (Å²) in [6, 6.07) is 37.4. The lowest BCUT2D eigenvalue weighted by Gasteiger charge is -2.16. The van der Waals surface area contributed by atoms with Crippen LogP contribution in [0.15, 0.2) is 115 Å². The van der Waals surface area contributed by atoms with Crippen molar-refractivity contribution in [2.24, 2.45) is 0 Å². The van der Waals surface area contributed by atoms with Gasteiger partial charge in [-0.25, -0.2) is 0 Å². The summed E-state index contributed by atoms with van der Waals surface area (Å²) in [4.78, 5) is 0. The Morgan fingerprint density at radius 1 is 0.486 bits per heavy atom. The summed E-state index contributed by atoms with van der Waals surface area (Å²) in [5, 5.41) is 6.74. The molecule has 0 heterocycles. The second-order valence-corrected chi connectivity index (χ2v) is 8.51. The maximum absolute atomic E-state index is 12.6. The molecule has 0 radical (unpaired) electrons. The molecule has 1 nitrogen and oxygen atoms in total. The fraction of sp³-hybridized carbons (Fsp3) is 0.0323. The van der Waals surface area contributed by atoms with E-state index in [2.05, 4.69) is 59.3 Å². The molecule has 0 fully saturated rings. The maximum Gasteiger partial charge on any atom is 0.573 e. The number of ether oxygens (including phenoxy) is 1. The summed E-state index contributed by atoms with van der Waals surface area (Å²) in [5.41, 5.74) is 4.04. The number of hydrogen-bond donors (Lipinski definition) is 0. The Morgan fingerprint density at radius 3 is 1.91 bits per heavy atom. The van der Waals surface area contributed by atoms with Gasteiger partial charge in [0.1, 0.15) is 5.75 Å². The van der Waals surface area contributed by atoms with Crippen LogP contribution in [0.5, 0.6) is 5.75 Å². The molecular weight excluding hydrogens is 445 g/mol. The fourth-order valence-corrected chi connectivity index (χ4v) is 4.83. The zero-order valence-corrected chi connectivity index (χ0v) is 18.5. The second kappa shape index (κ2) is 8.17. The van der Waals surface area contributed by atoms with Crippen molar-refractivity contribution >= 4 is 32.3 Å². The van der Waals surface area contributed by atoms with E-state index in [1.165, 1.54) is 22.9 Å². The minimum absolute atomic E-state index is 0.233. The van der Waals surface area contributed by atoms with Gasteiger partial charge in [-0.3, -0.25) is 0 Å². The molecule has 0 spiro atoms. The van der Waals surface area contributed by atoms with E-state index in [0.29, 0.717) is 0 Å². The van der Waals surface area contributed by atoms with Gasteiger partial charge in [-0.05, 0) is 78.8 Å². The number of alkyl halides is 3. The highest BCUT2D eigenvalue weighted by Gasteiger charge is 2.31. The van der Waals surface area contributed by atoms with Crippen molar-refractivity contribution in [1.82, 2.24) is 0 Å². The van der Waals surface area contributed by atoms with Crippen molar-refractivity contribution in [2.75, 3.05) is 0 Å². The van der Waals surface area contributed by atoms with Gasteiger partial charge >= 0.3 is 6.36 Å². The van der Waals surface area contributed by atoms with Gasteiger partial charge in [-0.1, -0.05) is 91.0 Å². The zero-order chi connectivity index (χ0) is 24.0. The van der Waals surface area contributed by atoms with Gasteiger partial charge in [-0.15, -0.1) is 13.2 Å². The first-order chi connectivity index (χ1) is 17.0. The number of halogens is 3. The Labute approximate surface area is 200 Å². The first-order valence-corrected chi connectivity index (χ1v) is 11.3. The lowest BCUT2D eigenvalue weighted by atomic mass is 9.88. The molecule has 4 heteroatoms. The van der Waals surface area contributed by atoms with Crippen LogP contribution in [0.3, 0.4) is 0 Å². The standard InChI is InChI=1S/C31H19F3O/c32-31(33,34)35-25-16-14-21(15-17-25)26-10-5-11-28-29(26)19-23-8-3-4-9-27(23)30(28)24-13-12-20-6-1-2-7-22(20)18-24/h1-19H. The van der Waals surface area contributed by atoms with Crippen LogP contribution >= 0.6 is 0 Å². The third kappa shape index (κ3) is 3.97. The Balaban J connectivity index is 1.59. The highest BCUT2D eigenvalue weighted by atomic mass is 19.4. The van der Waals surface area contributed by atoms with E-state index in [-0.39, 0.29) is 5.75 Å². The van der Waals surface area contributed by atoms with Gasteiger partial charge in [-0.2, -0.15) is 0 Å². The van der Waals surface area contributed by atoms with Crippen molar-refractivity contribution in [1.29, 1.82) is 0 Å². The molecule has 6 aromatic rings. The molecule has 0 aliphatic heterocycles. The van der Waals surface area contributed by atoms with Gasteiger partial charge in [0, 0.05) is 0 Å². The van der Waals surface area contributed by atoms with Crippen LogP contribution in [0.2, 0.25) is 0 Å². The lowest BCUT2D eigenvalue weighted by molar-refractivity contribution is -0.274. The first kappa shape index (κ1) is 21.2. The third-order valence-corrected chi connectivity index (χ3v) is 6.34. The maximum atomic E-state index is 12.6. The molecule has 35 heavy (non-hydrogen) atoms. The Kier molecular flexibility index (Phi) is 4.96. The van der Waals surface area contributed by atoms with E-state index in [1.54, 1.807) is 12.1 Å². The minimum Gasteiger partial charge on any atom is -0.406 e. The molecule has 6 rings (SSSR count). The minimum atomic E-state index is -4.71. The van der Waals surface area contributed by atoms with Crippen LogP contribution in [0, 0.1) is 0 Å². The molecule has 0 saturated carbocycles. The molecule has 0 aromatic heterocycles. The van der Waals surface area contributed by atoms with Crippen LogP contribution < -0.4 is 4.74 Å². The molecule has 0 unspecified atom stereocenters. The van der Waals surface area contributed by atoms with Gasteiger partial charge in [0.05, 0.1) is 0 Å². The fourth-order valence-electron chi connectivity index (χ4n) is 4.83. The number of rotatable bonds is 3. The third-order valence-electron chi connectivity index (χ3n) is 6.34. The Hall–Kier alpha value is -4.31. The average molecular weight is 464 g/mol. The van der Waals surface area contributed by atoms with Crippen LogP contribution in [0.25, 0.3) is 54.6 Å². The van der Waals surface area contributed by atoms with Crippen LogP contribution in [-0.4, -0.2) is 6.36 Å². The smallest absolute Gasteiger partial charge is 0.406 e. The summed E-state index contributed by atoms with van der Waals surface area (Å²) in [6.45, 7) is 0. The predicted molar refractivity (Wildman–Crippen MR) is 137 cm³/mol. The van der Waals surface area contributed by atoms with E-state index >= 15 is 0 Å². The Morgan fingerprint density at radius 2 is 1.14 bits per heavy atom.